The van der Waals surface area contributed by atoms with Crippen LogP contribution in [-0.2, 0) is 10.2 Å². The lowest BCUT2D eigenvalue weighted by Gasteiger charge is -2.26. The van der Waals surface area contributed by atoms with Crippen LogP contribution >= 0.6 is 0 Å². The van der Waals surface area contributed by atoms with Crippen LogP contribution in [0.5, 0.6) is 0 Å². The zero-order chi connectivity index (χ0) is 22.0. The van der Waals surface area contributed by atoms with Gasteiger partial charge in [-0.1, -0.05) is 61.5 Å². The van der Waals surface area contributed by atoms with Crippen molar-refractivity contribution in [1.29, 1.82) is 0 Å². The van der Waals surface area contributed by atoms with Gasteiger partial charge in [-0.2, -0.15) is 4.99 Å². The number of likely N-dealkylation sites (tertiary alicyclic amines) is 1. The summed E-state index contributed by atoms with van der Waals surface area (Å²) < 4.78 is 20.3. The number of hydrogen-bond acceptors (Lipinski definition) is 4. The molecule has 0 atom stereocenters. The molecule has 2 N–H and O–H groups in total. The minimum atomic E-state index is -0.598. The number of piperidine rings is 1. The highest BCUT2D eigenvalue weighted by Crippen LogP contribution is 2.35. The number of carbonyl (C=O) groups is 1. The number of nitrogens with two attached hydrogens (primary N) is 1. The van der Waals surface area contributed by atoms with Crippen LogP contribution in [0.25, 0.3) is 11.1 Å². The van der Waals surface area contributed by atoms with Crippen molar-refractivity contribution in [1.82, 2.24) is 10.1 Å². The van der Waals surface area contributed by atoms with Gasteiger partial charge in [0.05, 0.1) is 5.69 Å². The molecular formula is C24H25FN4O2. The van der Waals surface area contributed by atoms with Crippen LogP contribution in [0, 0.1) is 5.82 Å². The summed E-state index contributed by atoms with van der Waals surface area (Å²) in [6.45, 7) is 5.01. The molecule has 160 valence electrons. The maximum absolute atomic E-state index is 14.9. The van der Waals surface area contributed by atoms with Gasteiger partial charge in [0.1, 0.15) is 11.6 Å². The number of carbonyl (C=O) groups excluding carboxylic acids is 1. The number of ketones is 1. The smallest absolute Gasteiger partial charge is 0.253 e. The zero-order valence-corrected chi connectivity index (χ0v) is 17.6. The molecule has 0 spiro atoms. The van der Waals surface area contributed by atoms with Gasteiger partial charge >= 0.3 is 0 Å². The first-order chi connectivity index (χ1) is 14.8. The second-order valence-electron chi connectivity index (χ2n) is 8.23. The van der Waals surface area contributed by atoms with Crippen molar-refractivity contribution in [3.63, 3.8) is 0 Å². The van der Waals surface area contributed by atoms with E-state index in [0.717, 1.165) is 11.1 Å². The van der Waals surface area contributed by atoms with Gasteiger partial charge in [-0.05, 0) is 17.2 Å². The molecule has 3 aromatic rings. The number of nitrogens with zero attached hydrogens (tertiary/aromatic N) is 3. The zero-order valence-electron chi connectivity index (χ0n) is 17.6. The van der Waals surface area contributed by atoms with E-state index in [1.54, 1.807) is 18.2 Å². The SMILES string of the molecule is CC(C)(c1ccc(-c2ccccc2)c(F)c1)c1cc(/N=C(\N)N2CCC(=O)CC2)on1. The van der Waals surface area contributed by atoms with E-state index >= 15 is 0 Å². The molecular weight excluding hydrogens is 395 g/mol. The highest BCUT2D eigenvalue weighted by atomic mass is 19.1. The first kappa shape index (κ1) is 20.8. The molecule has 0 aliphatic carbocycles. The van der Waals surface area contributed by atoms with Crippen LogP contribution in [0.4, 0.5) is 10.3 Å². The molecule has 31 heavy (non-hydrogen) atoms. The van der Waals surface area contributed by atoms with Crippen molar-refractivity contribution in [2.24, 2.45) is 10.7 Å². The molecule has 0 bridgehead atoms. The van der Waals surface area contributed by atoms with E-state index in [0.29, 0.717) is 43.1 Å². The third kappa shape index (κ3) is 4.35. The number of rotatable bonds is 4. The summed E-state index contributed by atoms with van der Waals surface area (Å²) in [6, 6.07) is 16.4. The number of Topliss-reactive ketones (excluding diaryl/α,β-unsaturated/α-hetero) is 1. The monoisotopic (exact) mass is 420 g/mol. The van der Waals surface area contributed by atoms with Crippen molar-refractivity contribution in [3.8, 4) is 11.1 Å². The summed E-state index contributed by atoms with van der Waals surface area (Å²) >= 11 is 0. The van der Waals surface area contributed by atoms with Crippen LogP contribution in [0.1, 0.15) is 37.9 Å². The Hall–Kier alpha value is -3.48. The average Bonchev–Trinajstić information content (AvgIpc) is 3.24. The molecule has 6 nitrogen and oxygen atoms in total. The Morgan fingerprint density at radius 3 is 2.52 bits per heavy atom. The molecule has 7 heteroatoms. The van der Waals surface area contributed by atoms with Gasteiger partial charge in [-0.15, -0.1) is 0 Å². The molecule has 1 saturated heterocycles. The average molecular weight is 420 g/mol. The molecule has 0 unspecified atom stereocenters. The fourth-order valence-electron chi connectivity index (χ4n) is 3.69. The Morgan fingerprint density at radius 1 is 1.13 bits per heavy atom. The van der Waals surface area contributed by atoms with Gasteiger partial charge in [-0.25, -0.2) is 4.39 Å². The van der Waals surface area contributed by atoms with E-state index in [1.807, 2.05) is 55.1 Å². The molecule has 2 heterocycles. The number of aliphatic imine (C=N–C) groups is 1. The van der Waals surface area contributed by atoms with Gasteiger partial charge in [0, 0.05) is 43.0 Å². The maximum Gasteiger partial charge on any atom is 0.253 e. The van der Waals surface area contributed by atoms with Crippen molar-refractivity contribution in [3.05, 3.63) is 71.7 Å². The van der Waals surface area contributed by atoms with Crippen LogP contribution in [0.2, 0.25) is 0 Å². The lowest BCUT2D eigenvalue weighted by atomic mass is 9.81. The Kier molecular flexibility index (Phi) is 5.59. The standard InChI is InChI=1S/C24H25FN4O2/c1-24(2,17-8-9-19(20(25)14-17)16-6-4-3-5-7-16)21-15-22(31-28-21)27-23(26)29-12-10-18(30)11-13-29/h3-9,14-15H,10-13H2,1-2H3,(H2,26,27). The second kappa shape index (κ2) is 8.34. The summed E-state index contributed by atoms with van der Waals surface area (Å²) in [7, 11) is 0. The molecule has 0 amide bonds. The summed E-state index contributed by atoms with van der Waals surface area (Å²) in [6.07, 6.45) is 0.935. The van der Waals surface area contributed by atoms with E-state index in [1.165, 1.54) is 0 Å². The maximum atomic E-state index is 14.9. The fraction of sp³-hybridized carbons (Fsp3) is 0.292. The molecule has 0 radical (unpaired) electrons. The Morgan fingerprint density at radius 2 is 1.84 bits per heavy atom. The minimum Gasteiger partial charge on any atom is -0.369 e. The van der Waals surface area contributed by atoms with E-state index in [4.69, 9.17) is 10.3 Å². The largest absolute Gasteiger partial charge is 0.369 e. The predicted molar refractivity (Wildman–Crippen MR) is 118 cm³/mol. The quantitative estimate of drug-likeness (QED) is 0.499. The molecule has 0 saturated carbocycles. The summed E-state index contributed by atoms with van der Waals surface area (Å²) in [5.74, 6) is 0.519. The molecule has 1 fully saturated rings. The first-order valence-corrected chi connectivity index (χ1v) is 10.3. The van der Waals surface area contributed by atoms with Crippen LogP contribution in [-0.4, -0.2) is 34.9 Å². The van der Waals surface area contributed by atoms with E-state index in [9.17, 15) is 9.18 Å². The number of aromatic nitrogens is 1. The van der Waals surface area contributed by atoms with Crippen LogP contribution < -0.4 is 5.73 Å². The minimum absolute atomic E-state index is 0.235. The third-order valence-corrected chi connectivity index (χ3v) is 5.78. The van der Waals surface area contributed by atoms with Gasteiger partial charge in [0.2, 0.25) is 0 Å². The summed E-state index contributed by atoms with van der Waals surface area (Å²) in [4.78, 5) is 17.6. The van der Waals surface area contributed by atoms with Crippen molar-refractivity contribution >= 4 is 17.6 Å². The molecule has 1 aromatic heterocycles. The fourth-order valence-corrected chi connectivity index (χ4v) is 3.69. The number of hydrogen-bond donors (Lipinski definition) is 1. The predicted octanol–water partition coefficient (Wildman–Crippen LogP) is 4.42. The van der Waals surface area contributed by atoms with E-state index in [-0.39, 0.29) is 17.5 Å². The Balaban J connectivity index is 1.56. The van der Waals surface area contributed by atoms with Gasteiger partial charge in [0.15, 0.2) is 5.96 Å². The Labute approximate surface area is 180 Å². The molecule has 1 aliphatic heterocycles. The normalized spacial score (nSPS) is 15.4. The van der Waals surface area contributed by atoms with Crippen LogP contribution in [0.15, 0.2) is 64.1 Å². The number of guanidine groups is 1. The van der Waals surface area contributed by atoms with Crippen LogP contribution in [0.3, 0.4) is 0 Å². The van der Waals surface area contributed by atoms with Gasteiger partial charge in [-0.3, -0.25) is 4.79 Å². The number of halogens is 1. The van der Waals surface area contributed by atoms with Gasteiger partial charge in [0.25, 0.3) is 5.88 Å². The van der Waals surface area contributed by atoms with Crippen molar-refractivity contribution in [2.75, 3.05) is 13.1 Å². The van der Waals surface area contributed by atoms with Gasteiger partial charge < -0.3 is 15.2 Å². The highest BCUT2D eigenvalue weighted by molar-refractivity contribution is 5.85. The highest BCUT2D eigenvalue weighted by Gasteiger charge is 2.28. The van der Waals surface area contributed by atoms with E-state index < -0.39 is 5.41 Å². The molecule has 2 aromatic carbocycles. The number of benzene rings is 2. The summed E-state index contributed by atoms with van der Waals surface area (Å²) in [5.41, 5.74) is 8.26. The van der Waals surface area contributed by atoms with Crippen molar-refractivity contribution in [2.45, 2.75) is 32.1 Å². The second-order valence-corrected chi connectivity index (χ2v) is 8.23. The summed E-state index contributed by atoms with van der Waals surface area (Å²) in [5, 5.41) is 4.15. The lowest BCUT2D eigenvalue weighted by molar-refractivity contribution is -0.120. The molecule has 4 rings (SSSR count). The molecule has 1 aliphatic rings. The van der Waals surface area contributed by atoms with E-state index in [2.05, 4.69) is 10.1 Å². The topological polar surface area (TPSA) is 84.7 Å². The Bertz CT molecular complexity index is 1110. The first-order valence-electron chi connectivity index (χ1n) is 10.3. The lowest BCUT2D eigenvalue weighted by Crippen LogP contribution is -2.42. The third-order valence-electron chi connectivity index (χ3n) is 5.78. The van der Waals surface area contributed by atoms with Crippen molar-refractivity contribution < 1.29 is 13.7 Å².